The molecule has 1 aliphatic heterocycles. The zero-order valence-electron chi connectivity index (χ0n) is 19.8. The fourth-order valence-corrected chi connectivity index (χ4v) is 4.00. The van der Waals surface area contributed by atoms with Gasteiger partial charge in [-0.1, -0.05) is 12.1 Å². The average molecular weight is 439 g/mol. The monoisotopic (exact) mass is 438 g/mol. The van der Waals surface area contributed by atoms with Gasteiger partial charge in [-0.2, -0.15) is 0 Å². The van der Waals surface area contributed by atoms with Crippen molar-refractivity contribution in [3.8, 4) is 0 Å². The molecule has 0 unspecified atom stereocenters. The largest absolute Gasteiger partial charge is 0.341 e. The average Bonchev–Trinajstić information content (AvgIpc) is 2.73. The molecule has 0 aliphatic carbocycles. The first-order chi connectivity index (χ1) is 15.2. The summed E-state index contributed by atoms with van der Waals surface area (Å²) >= 11 is 0. The highest BCUT2D eigenvalue weighted by Gasteiger charge is 2.29. The second-order valence-electron chi connectivity index (χ2n) is 8.73. The fourth-order valence-electron chi connectivity index (χ4n) is 4.00. The molecule has 32 heavy (non-hydrogen) atoms. The quantitative estimate of drug-likeness (QED) is 0.668. The molecule has 0 atom stereocenters. The normalized spacial score (nSPS) is 14.5. The van der Waals surface area contributed by atoms with Crippen LogP contribution in [0.1, 0.15) is 41.5 Å². The first kappa shape index (κ1) is 23.7. The molecular weight excluding hydrogens is 404 g/mol. The van der Waals surface area contributed by atoms with Crippen molar-refractivity contribution in [3.63, 3.8) is 0 Å². The molecular formula is C24H34N6O2. The number of aryl methyl sites for hydroxylation is 2. The molecule has 2 heterocycles. The van der Waals surface area contributed by atoms with Crippen molar-refractivity contribution in [2.45, 2.75) is 39.7 Å². The molecule has 3 rings (SSSR count). The lowest BCUT2D eigenvalue weighted by Gasteiger charge is -2.39. The number of amides is 2. The van der Waals surface area contributed by atoms with Gasteiger partial charge in [0.25, 0.3) is 0 Å². The third-order valence-electron chi connectivity index (χ3n) is 5.73. The Morgan fingerprint density at radius 3 is 2.31 bits per heavy atom. The highest BCUT2D eigenvalue weighted by molar-refractivity contribution is 5.96. The van der Waals surface area contributed by atoms with E-state index in [2.05, 4.69) is 25.1 Å². The molecule has 172 valence electrons. The lowest BCUT2D eigenvalue weighted by Crippen LogP contribution is -2.51. The van der Waals surface area contributed by atoms with E-state index in [1.54, 1.807) is 18.2 Å². The van der Waals surface area contributed by atoms with Crippen LogP contribution in [-0.4, -0.2) is 77.9 Å². The molecule has 1 saturated heterocycles. The third-order valence-corrected chi connectivity index (χ3v) is 5.73. The molecule has 8 heteroatoms. The van der Waals surface area contributed by atoms with E-state index in [0.717, 1.165) is 49.8 Å². The molecule has 2 aromatic rings. The molecule has 1 aromatic heterocycles. The van der Waals surface area contributed by atoms with E-state index in [0.29, 0.717) is 17.8 Å². The minimum absolute atomic E-state index is 0.0217. The Morgan fingerprint density at radius 2 is 1.72 bits per heavy atom. The van der Waals surface area contributed by atoms with E-state index in [9.17, 15) is 9.59 Å². The van der Waals surface area contributed by atoms with Gasteiger partial charge in [-0.25, -0.2) is 14.8 Å². The Hall–Kier alpha value is -3.00. The van der Waals surface area contributed by atoms with Crippen molar-refractivity contribution in [1.29, 1.82) is 0 Å². The SMILES string of the molecule is CC(=O)c1cccc(NC(=O)N(CCN(C)C)C2CCN(c3nc(C)cc(C)n3)CC2)c1. The van der Waals surface area contributed by atoms with Crippen LogP contribution in [0, 0.1) is 13.8 Å². The number of anilines is 2. The molecule has 0 bridgehead atoms. The topological polar surface area (TPSA) is 81.7 Å². The first-order valence-electron chi connectivity index (χ1n) is 11.1. The van der Waals surface area contributed by atoms with E-state index >= 15 is 0 Å². The van der Waals surface area contributed by atoms with Crippen molar-refractivity contribution >= 4 is 23.5 Å². The van der Waals surface area contributed by atoms with E-state index in [-0.39, 0.29) is 17.9 Å². The van der Waals surface area contributed by atoms with Crippen LogP contribution in [0.3, 0.4) is 0 Å². The van der Waals surface area contributed by atoms with Gasteiger partial charge >= 0.3 is 6.03 Å². The molecule has 1 N–H and O–H groups in total. The number of nitrogens with one attached hydrogen (secondary N) is 1. The number of hydrogen-bond acceptors (Lipinski definition) is 6. The third kappa shape index (κ3) is 6.26. The molecule has 0 saturated carbocycles. The van der Waals surface area contributed by atoms with Crippen LogP contribution in [-0.2, 0) is 0 Å². The van der Waals surface area contributed by atoms with E-state index in [1.165, 1.54) is 6.92 Å². The first-order valence-corrected chi connectivity index (χ1v) is 11.1. The van der Waals surface area contributed by atoms with Gasteiger partial charge in [-0.3, -0.25) is 4.79 Å². The number of aromatic nitrogens is 2. The van der Waals surface area contributed by atoms with E-state index < -0.39 is 0 Å². The number of benzene rings is 1. The number of Topliss-reactive ketones (excluding diaryl/α,β-unsaturated/α-hetero) is 1. The van der Waals surface area contributed by atoms with Crippen molar-refractivity contribution in [2.75, 3.05) is 50.5 Å². The minimum Gasteiger partial charge on any atom is -0.341 e. The maximum absolute atomic E-state index is 13.2. The predicted octanol–water partition coefficient (Wildman–Crippen LogP) is 3.36. The van der Waals surface area contributed by atoms with Crippen molar-refractivity contribution in [1.82, 2.24) is 19.8 Å². The Bertz CT molecular complexity index is 933. The number of piperidine rings is 1. The maximum Gasteiger partial charge on any atom is 0.322 e. The standard InChI is InChI=1S/C24H34N6O2/c1-17-15-18(2)26-23(25-17)29-11-9-22(10-12-29)30(14-13-28(4)5)24(32)27-21-8-6-7-20(16-21)19(3)31/h6-8,15-16,22H,9-14H2,1-5H3,(H,27,32). The van der Waals surface area contributed by atoms with Crippen LogP contribution in [0.25, 0.3) is 0 Å². The Labute approximate surface area is 190 Å². The summed E-state index contributed by atoms with van der Waals surface area (Å²) < 4.78 is 0. The number of ketones is 1. The minimum atomic E-state index is -0.131. The lowest BCUT2D eigenvalue weighted by molar-refractivity contribution is 0.101. The molecule has 0 radical (unpaired) electrons. The smallest absolute Gasteiger partial charge is 0.322 e. The number of urea groups is 1. The van der Waals surface area contributed by atoms with Crippen LogP contribution in [0.15, 0.2) is 30.3 Å². The van der Waals surface area contributed by atoms with Gasteiger partial charge in [-0.05, 0) is 65.9 Å². The van der Waals surface area contributed by atoms with Gasteiger partial charge in [-0.15, -0.1) is 0 Å². The van der Waals surface area contributed by atoms with E-state index in [4.69, 9.17) is 0 Å². The summed E-state index contributed by atoms with van der Waals surface area (Å²) in [5.41, 5.74) is 3.16. The molecule has 0 spiro atoms. The molecule has 1 aliphatic rings. The Morgan fingerprint density at radius 1 is 1.06 bits per heavy atom. The van der Waals surface area contributed by atoms with Gasteiger partial charge in [0, 0.05) is 54.9 Å². The van der Waals surface area contributed by atoms with Gasteiger partial charge in [0.15, 0.2) is 5.78 Å². The summed E-state index contributed by atoms with van der Waals surface area (Å²) in [5, 5.41) is 2.99. The van der Waals surface area contributed by atoms with Gasteiger partial charge in [0.05, 0.1) is 0 Å². The number of carbonyl (C=O) groups is 2. The Balaban J connectivity index is 1.69. The fraction of sp³-hybridized carbons (Fsp3) is 0.500. The van der Waals surface area contributed by atoms with Crippen LogP contribution in [0.4, 0.5) is 16.4 Å². The molecule has 1 aromatic carbocycles. The highest BCUT2D eigenvalue weighted by atomic mass is 16.2. The van der Waals surface area contributed by atoms with Gasteiger partial charge in [0.1, 0.15) is 0 Å². The molecule has 1 fully saturated rings. The zero-order valence-corrected chi connectivity index (χ0v) is 19.8. The van der Waals surface area contributed by atoms with Crippen LogP contribution >= 0.6 is 0 Å². The summed E-state index contributed by atoms with van der Waals surface area (Å²) in [4.78, 5) is 40.3. The maximum atomic E-state index is 13.2. The van der Waals surface area contributed by atoms with E-state index in [1.807, 2.05) is 45.0 Å². The molecule has 2 amide bonds. The summed E-state index contributed by atoms with van der Waals surface area (Å²) in [6.45, 7) is 8.52. The number of hydrogen-bond donors (Lipinski definition) is 1. The second-order valence-corrected chi connectivity index (χ2v) is 8.73. The van der Waals surface area contributed by atoms with Crippen molar-refractivity contribution in [2.24, 2.45) is 0 Å². The zero-order chi connectivity index (χ0) is 23.3. The highest BCUT2D eigenvalue weighted by Crippen LogP contribution is 2.22. The lowest BCUT2D eigenvalue weighted by atomic mass is 10.0. The van der Waals surface area contributed by atoms with Gasteiger partial charge < -0.3 is 20.0 Å². The molecule has 8 nitrogen and oxygen atoms in total. The summed E-state index contributed by atoms with van der Waals surface area (Å²) in [7, 11) is 4.01. The number of carbonyl (C=O) groups excluding carboxylic acids is 2. The number of likely N-dealkylation sites (N-methyl/N-ethyl adjacent to an activating group) is 1. The predicted molar refractivity (Wildman–Crippen MR) is 127 cm³/mol. The number of nitrogens with zero attached hydrogens (tertiary/aromatic N) is 5. The van der Waals surface area contributed by atoms with Gasteiger partial charge in [0.2, 0.25) is 5.95 Å². The van der Waals surface area contributed by atoms with Crippen molar-refractivity contribution < 1.29 is 9.59 Å². The summed E-state index contributed by atoms with van der Waals surface area (Å²) in [6, 6.07) is 9.07. The second kappa shape index (κ2) is 10.5. The Kier molecular flexibility index (Phi) is 7.80. The van der Waals surface area contributed by atoms with Crippen LogP contribution in [0.2, 0.25) is 0 Å². The summed E-state index contributed by atoms with van der Waals surface area (Å²) in [6.07, 6.45) is 1.70. The number of rotatable bonds is 7. The van der Waals surface area contributed by atoms with Crippen molar-refractivity contribution in [3.05, 3.63) is 47.3 Å². The van der Waals surface area contributed by atoms with Crippen LogP contribution < -0.4 is 10.2 Å². The summed E-state index contributed by atoms with van der Waals surface area (Å²) in [5.74, 6) is 0.748. The van der Waals surface area contributed by atoms with Crippen LogP contribution in [0.5, 0.6) is 0 Å².